The molecule has 21 heavy (non-hydrogen) atoms. The molecule has 0 aliphatic carbocycles. The second-order valence-corrected chi connectivity index (χ2v) is 5.41. The number of aromatic amines is 1. The van der Waals surface area contributed by atoms with Crippen LogP contribution in [0.15, 0.2) is 24.4 Å². The number of H-pyrrole nitrogens is 1. The van der Waals surface area contributed by atoms with Crippen LogP contribution in [0.5, 0.6) is 5.75 Å². The molecule has 0 saturated carbocycles. The molecule has 0 saturated heterocycles. The van der Waals surface area contributed by atoms with Crippen LogP contribution in [0.25, 0.3) is 10.9 Å². The molecule has 0 unspecified atom stereocenters. The molecule has 1 aromatic carbocycles. The summed E-state index contributed by atoms with van der Waals surface area (Å²) in [5.74, 6) is 0.854. The second kappa shape index (κ2) is 7.13. The molecule has 2 rings (SSSR count). The van der Waals surface area contributed by atoms with Crippen molar-refractivity contribution in [2.75, 3.05) is 34.3 Å². The smallest absolute Gasteiger partial charge is 0.224 e. The number of ether oxygens (including phenoxy) is 1. The average Bonchev–Trinajstić information content (AvgIpc) is 2.85. The van der Waals surface area contributed by atoms with Crippen molar-refractivity contribution in [3.8, 4) is 5.75 Å². The van der Waals surface area contributed by atoms with Crippen LogP contribution in [0, 0.1) is 0 Å². The number of carbonyl (C=O) groups excluding carboxylic acids is 1. The lowest BCUT2D eigenvalue weighted by molar-refractivity contribution is -0.120. The van der Waals surface area contributed by atoms with Gasteiger partial charge in [-0.2, -0.15) is 0 Å². The first kappa shape index (κ1) is 15.4. The van der Waals surface area contributed by atoms with Crippen LogP contribution in [0.3, 0.4) is 0 Å². The van der Waals surface area contributed by atoms with E-state index in [1.807, 2.05) is 38.5 Å². The summed E-state index contributed by atoms with van der Waals surface area (Å²) in [5, 5.41) is 4.00. The van der Waals surface area contributed by atoms with Crippen molar-refractivity contribution >= 4 is 16.8 Å². The Kier molecular flexibility index (Phi) is 5.22. The Morgan fingerprint density at radius 2 is 2.19 bits per heavy atom. The van der Waals surface area contributed by atoms with E-state index in [1.54, 1.807) is 7.11 Å². The number of benzene rings is 1. The number of carbonyl (C=O) groups is 1. The number of nitrogens with zero attached hydrogens (tertiary/aromatic N) is 1. The van der Waals surface area contributed by atoms with Gasteiger partial charge in [0.2, 0.25) is 5.91 Å². The van der Waals surface area contributed by atoms with E-state index in [-0.39, 0.29) is 5.91 Å². The molecule has 0 aliphatic heterocycles. The highest BCUT2D eigenvalue weighted by molar-refractivity contribution is 5.89. The Labute approximate surface area is 125 Å². The van der Waals surface area contributed by atoms with Gasteiger partial charge in [0.15, 0.2) is 0 Å². The minimum atomic E-state index is 0.0532. The molecular weight excluding hydrogens is 266 g/mol. The summed E-state index contributed by atoms with van der Waals surface area (Å²) in [5.41, 5.74) is 2.01. The summed E-state index contributed by atoms with van der Waals surface area (Å²) in [6.07, 6.45) is 3.24. The van der Waals surface area contributed by atoms with Crippen LogP contribution in [0.1, 0.15) is 12.0 Å². The first-order chi connectivity index (χ1) is 10.1. The third-order valence-electron chi connectivity index (χ3n) is 3.43. The number of methoxy groups -OCH3 is 1. The number of hydrogen-bond donors (Lipinski definition) is 2. The second-order valence-electron chi connectivity index (χ2n) is 5.41. The third-order valence-corrected chi connectivity index (χ3v) is 3.43. The maximum atomic E-state index is 12.0. The van der Waals surface area contributed by atoms with Gasteiger partial charge >= 0.3 is 0 Å². The van der Waals surface area contributed by atoms with Crippen LogP contribution in [-0.2, 0) is 11.2 Å². The lowest BCUT2D eigenvalue weighted by Crippen LogP contribution is -2.28. The Bertz CT molecular complexity index is 605. The number of nitrogens with one attached hydrogen (secondary N) is 2. The summed E-state index contributed by atoms with van der Waals surface area (Å²) >= 11 is 0. The molecule has 5 heteroatoms. The van der Waals surface area contributed by atoms with Gasteiger partial charge in [0.05, 0.1) is 13.5 Å². The lowest BCUT2D eigenvalue weighted by atomic mass is 10.1. The molecule has 114 valence electrons. The van der Waals surface area contributed by atoms with Crippen molar-refractivity contribution in [1.29, 1.82) is 0 Å². The van der Waals surface area contributed by atoms with Gasteiger partial charge in [0.1, 0.15) is 5.75 Å². The Morgan fingerprint density at radius 3 is 2.90 bits per heavy atom. The van der Waals surface area contributed by atoms with Crippen LogP contribution in [0.4, 0.5) is 0 Å². The Balaban J connectivity index is 1.94. The predicted octanol–water partition coefficient (Wildman–Crippen LogP) is 1.79. The highest BCUT2D eigenvalue weighted by atomic mass is 16.5. The SMILES string of the molecule is COc1ccc2[nH]cc(CC(=O)NCCCN(C)C)c2c1. The topological polar surface area (TPSA) is 57.4 Å². The molecule has 0 spiro atoms. The fraction of sp³-hybridized carbons (Fsp3) is 0.438. The van der Waals surface area contributed by atoms with Crippen molar-refractivity contribution in [1.82, 2.24) is 15.2 Å². The lowest BCUT2D eigenvalue weighted by Gasteiger charge is -2.09. The summed E-state index contributed by atoms with van der Waals surface area (Å²) in [4.78, 5) is 17.3. The van der Waals surface area contributed by atoms with E-state index in [0.717, 1.165) is 35.2 Å². The highest BCUT2D eigenvalue weighted by Gasteiger charge is 2.09. The van der Waals surface area contributed by atoms with Crippen LogP contribution in [0.2, 0.25) is 0 Å². The van der Waals surface area contributed by atoms with Crippen molar-refractivity contribution < 1.29 is 9.53 Å². The van der Waals surface area contributed by atoms with Crippen molar-refractivity contribution in [3.05, 3.63) is 30.0 Å². The number of aromatic nitrogens is 1. The summed E-state index contributed by atoms with van der Waals surface area (Å²) < 4.78 is 5.23. The number of amides is 1. The van der Waals surface area contributed by atoms with E-state index in [1.165, 1.54) is 0 Å². The number of fused-ring (bicyclic) bond motifs is 1. The molecule has 1 heterocycles. The maximum Gasteiger partial charge on any atom is 0.224 e. The van der Waals surface area contributed by atoms with Gasteiger partial charge in [0, 0.05) is 23.6 Å². The van der Waals surface area contributed by atoms with E-state index >= 15 is 0 Å². The fourth-order valence-electron chi connectivity index (χ4n) is 2.29. The minimum absolute atomic E-state index is 0.0532. The molecule has 0 radical (unpaired) electrons. The van der Waals surface area contributed by atoms with Crippen molar-refractivity contribution in [2.45, 2.75) is 12.8 Å². The van der Waals surface area contributed by atoms with E-state index in [0.29, 0.717) is 13.0 Å². The van der Waals surface area contributed by atoms with E-state index in [4.69, 9.17) is 4.74 Å². The van der Waals surface area contributed by atoms with Crippen LogP contribution in [-0.4, -0.2) is 50.1 Å². The Morgan fingerprint density at radius 1 is 1.38 bits per heavy atom. The Hall–Kier alpha value is -2.01. The van der Waals surface area contributed by atoms with Crippen molar-refractivity contribution in [3.63, 3.8) is 0 Å². The summed E-state index contributed by atoms with van der Waals surface area (Å²) in [7, 11) is 5.70. The maximum absolute atomic E-state index is 12.0. The van der Waals surface area contributed by atoms with Gasteiger partial charge in [-0.25, -0.2) is 0 Å². The fourth-order valence-corrected chi connectivity index (χ4v) is 2.29. The first-order valence-corrected chi connectivity index (χ1v) is 7.15. The molecule has 0 fully saturated rings. The molecule has 5 nitrogen and oxygen atoms in total. The standard InChI is InChI=1S/C16H23N3O2/c1-19(2)8-4-7-17-16(20)9-12-11-18-15-6-5-13(21-3)10-14(12)15/h5-6,10-11,18H,4,7-9H2,1-3H3,(H,17,20). The largest absolute Gasteiger partial charge is 0.497 e. The molecule has 2 aromatic rings. The summed E-state index contributed by atoms with van der Waals surface area (Å²) in [6, 6.07) is 5.83. The zero-order chi connectivity index (χ0) is 15.2. The van der Waals surface area contributed by atoms with E-state index < -0.39 is 0 Å². The molecule has 0 atom stereocenters. The van der Waals surface area contributed by atoms with Crippen LogP contribution < -0.4 is 10.1 Å². The van der Waals surface area contributed by atoms with E-state index in [2.05, 4.69) is 15.2 Å². The first-order valence-electron chi connectivity index (χ1n) is 7.15. The normalized spacial score (nSPS) is 11.0. The zero-order valence-electron chi connectivity index (χ0n) is 12.9. The molecule has 2 N–H and O–H groups in total. The molecule has 1 amide bonds. The van der Waals surface area contributed by atoms with Crippen molar-refractivity contribution in [2.24, 2.45) is 0 Å². The molecule has 0 bridgehead atoms. The summed E-state index contributed by atoms with van der Waals surface area (Å²) in [6.45, 7) is 1.69. The average molecular weight is 289 g/mol. The third kappa shape index (κ3) is 4.23. The zero-order valence-corrected chi connectivity index (χ0v) is 12.9. The van der Waals surface area contributed by atoms with Gasteiger partial charge in [0.25, 0.3) is 0 Å². The van der Waals surface area contributed by atoms with Crippen LogP contribution >= 0.6 is 0 Å². The molecule has 1 aromatic heterocycles. The minimum Gasteiger partial charge on any atom is -0.497 e. The van der Waals surface area contributed by atoms with E-state index in [9.17, 15) is 4.79 Å². The van der Waals surface area contributed by atoms with Gasteiger partial charge in [-0.05, 0) is 50.8 Å². The molecular formula is C16H23N3O2. The van der Waals surface area contributed by atoms with Gasteiger partial charge in [-0.15, -0.1) is 0 Å². The molecule has 0 aliphatic rings. The highest BCUT2D eigenvalue weighted by Crippen LogP contribution is 2.23. The van der Waals surface area contributed by atoms with Gasteiger partial charge in [-0.1, -0.05) is 0 Å². The predicted molar refractivity (Wildman–Crippen MR) is 84.7 cm³/mol. The quantitative estimate of drug-likeness (QED) is 0.764. The number of hydrogen-bond acceptors (Lipinski definition) is 3. The van der Waals surface area contributed by atoms with Gasteiger partial charge in [-0.3, -0.25) is 4.79 Å². The van der Waals surface area contributed by atoms with Gasteiger partial charge < -0.3 is 19.9 Å². The number of rotatable bonds is 7. The monoisotopic (exact) mass is 289 g/mol.